The molecule has 3 aliphatic heterocycles. The first-order chi connectivity index (χ1) is 39.2. The van der Waals surface area contributed by atoms with Crippen molar-refractivity contribution in [1.29, 1.82) is 0 Å². The number of amides is 11. The lowest BCUT2D eigenvalue weighted by atomic mass is 9.88. The van der Waals surface area contributed by atoms with E-state index in [0.29, 0.717) is 51.5 Å². The summed E-state index contributed by atoms with van der Waals surface area (Å²) in [6.45, 7) is 23.2. The maximum Gasteiger partial charge on any atom is 0.337 e. The Morgan fingerprint density at radius 2 is 1.06 bits per heavy atom. The van der Waals surface area contributed by atoms with Crippen molar-refractivity contribution >= 4 is 65.0 Å². The van der Waals surface area contributed by atoms with Gasteiger partial charge in [0.1, 0.15) is 60.9 Å². The van der Waals surface area contributed by atoms with Crippen LogP contribution in [0, 0.1) is 29.6 Å². The van der Waals surface area contributed by atoms with Crippen molar-refractivity contribution in [1.82, 2.24) is 50.2 Å². The van der Waals surface area contributed by atoms with Crippen LogP contribution in [0.15, 0.2) is 24.8 Å². The van der Waals surface area contributed by atoms with Gasteiger partial charge in [-0.05, 0) is 115 Å². The van der Waals surface area contributed by atoms with E-state index in [-0.39, 0.29) is 72.3 Å². The quantitative estimate of drug-likeness (QED) is 0.0873. The second kappa shape index (κ2) is 32.4. The lowest BCUT2D eigenvalue weighted by molar-refractivity contribution is -0.734. The summed E-state index contributed by atoms with van der Waals surface area (Å²) in [5.41, 5.74) is 0. The van der Waals surface area contributed by atoms with E-state index in [4.69, 9.17) is 0 Å². The first kappa shape index (κ1) is 72.1. The van der Waals surface area contributed by atoms with Gasteiger partial charge in [0.15, 0.2) is 6.54 Å². The maximum absolute atomic E-state index is 15.1. The molecule has 84 heavy (non-hydrogen) atoms. The molecule has 1 spiro atoms. The number of likely N-dealkylation sites (N-methyl/N-ethyl adjacent to an activating group) is 7. The van der Waals surface area contributed by atoms with Crippen molar-refractivity contribution < 1.29 is 57.2 Å². The van der Waals surface area contributed by atoms with Gasteiger partial charge < -0.3 is 50.2 Å². The number of rotatable bonds is 16. The van der Waals surface area contributed by atoms with E-state index in [1.165, 1.54) is 92.6 Å². The fraction of sp³-hybridized carbons (Fsp3) is 0.758. The normalized spacial score (nSPS) is 29.0. The number of hydrogen-bond donors (Lipinski definition) is 3. The van der Waals surface area contributed by atoms with Gasteiger partial charge in [-0.25, -0.2) is 9.28 Å². The molecule has 0 aliphatic carbocycles. The number of piperidine rings is 1. The molecule has 3 aliphatic rings. The predicted molar refractivity (Wildman–Crippen MR) is 323 cm³/mol. The highest BCUT2D eigenvalue weighted by molar-refractivity contribution is 5.98. The number of carbonyl (C=O) groups is 11. The van der Waals surface area contributed by atoms with E-state index < -0.39 is 126 Å². The summed E-state index contributed by atoms with van der Waals surface area (Å²) in [5, 5.41) is 8.12. The van der Waals surface area contributed by atoms with Crippen LogP contribution in [0.25, 0.3) is 0 Å². The van der Waals surface area contributed by atoms with Crippen molar-refractivity contribution in [2.45, 2.75) is 201 Å². The van der Waals surface area contributed by atoms with Crippen molar-refractivity contribution in [3.8, 4) is 0 Å². The first-order valence-electron chi connectivity index (χ1n) is 30.5. The Bertz CT molecular complexity index is 2390. The summed E-state index contributed by atoms with van der Waals surface area (Å²) in [5.74, 6) is -6.32. The van der Waals surface area contributed by atoms with Gasteiger partial charge in [0.2, 0.25) is 53.2 Å². The van der Waals surface area contributed by atoms with Gasteiger partial charge >= 0.3 is 5.91 Å². The van der Waals surface area contributed by atoms with Gasteiger partial charge in [-0.1, -0.05) is 73.6 Å². The molecule has 2 bridgehead atoms. The summed E-state index contributed by atoms with van der Waals surface area (Å²) < 4.78 is -0.227. The summed E-state index contributed by atoms with van der Waals surface area (Å²) >= 11 is 0. The van der Waals surface area contributed by atoms with E-state index in [1.54, 1.807) is 19.9 Å². The topological polar surface area (TPSA) is 247 Å². The molecule has 3 rings (SSSR count). The average molecular weight is 1180 g/mol. The third-order valence-corrected chi connectivity index (χ3v) is 17.4. The Hall–Kier alpha value is -6.19. The minimum absolute atomic E-state index is 0.102. The largest absolute Gasteiger partial charge is 0.343 e. The fourth-order valence-electron chi connectivity index (χ4n) is 11.6. The number of carbonyl (C=O) groups excluding carboxylic acids is 11. The molecule has 0 saturated carbocycles. The molecule has 22 nitrogen and oxygen atoms in total. The van der Waals surface area contributed by atoms with Crippen molar-refractivity contribution in [2.75, 3.05) is 75.5 Å². The van der Waals surface area contributed by atoms with Crippen LogP contribution in [0.2, 0.25) is 0 Å². The van der Waals surface area contributed by atoms with E-state index in [1.807, 2.05) is 60.6 Å². The fourth-order valence-corrected chi connectivity index (χ4v) is 11.6. The third kappa shape index (κ3) is 18.9. The number of nitrogens with zero attached hydrogens (tertiary/aromatic N) is 8. The highest BCUT2D eigenvalue weighted by atomic mass is 16.2. The summed E-state index contributed by atoms with van der Waals surface area (Å²) in [6, 6.07) is -8.97. The zero-order valence-electron chi connectivity index (χ0n) is 54.2. The van der Waals surface area contributed by atoms with Crippen LogP contribution in [0.5, 0.6) is 0 Å². The lowest BCUT2D eigenvalue weighted by Gasteiger charge is -2.39. The molecule has 3 heterocycles. The van der Waals surface area contributed by atoms with E-state index in [9.17, 15) is 43.2 Å². The second-order valence-corrected chi connectivity index (χ2v) is 25.8. The molecule has 0 aromatic heterocycles. The summed E-state index contributed by atoms with van der Waals surface area (Å²) in [6.07, 6.45) is 10.0. The molecule has 3 fully saturated rings. The zero-order valence-corrected chi connectivity index (χ0v) is 54.2. The molecule has 11 unspecified atom stereocenters. The maximum atomic E-state index is 15.1. The van der Waals surface area contributed by atoms with Crippen molar-refractivity contribution in [3.63, 3.8) is 0 Å². The van der Waals surface area contributed by atoms with E-state index in [0.717, 1.165) is 4.90 Å². The van der Waals surface area contributed by atoms with Gasteiger partial charge in [-0.2, -0.15) is 0 Å². The van der Waals surface area contributed by atoms with Gasteiger partial charge in [-0.15, -0.1) is 6.58 Å². The smallest absolute Gasteiger partial charge is 0.337 e. The Morgan fingerprint density at radius 3 is 1.58 bits per heavy atom. The van der Waals surface area contributed by atoms with Crippen LogP contribution in [0.3, 0.4) is 0 Å². The Kier molecular flexibility index (Phi) is 27.8. The zero-order chi connectivity index (χ0) is 63.8. The molecule has 474 valence electrons. The molecule has 0 radical (unpaired) electrons. The van der Waals surface area contributed by atoms with Crippen molar-refractivity contribution in [2.24, 2.45) is 29.6 Å². The highest BCUT2D eigenvalue weighted by Gasteiger charge is 2.70. The van der Waals surface area contributed by atoms with Crippen LogP contribution in [-0.2, 0) is 52.7 Å². The standard InChI is InChI=1S/C62H105N11O11/c1-20-22-24-26-46-59(81)70(17)45(30-27-38(3)4)56(78)65-54(41(9)10)61(83)66(13)34-51(74)63-42(11)55(77)64-43(12)57(79)71(18)48(32-29-40(7)8)60(82)72(19)47(31-28-39(5)6)58(80)67(14)35-52(75)69(16)49-33-44(25-23-21-2)50-36-73(50,62(49)84)37-53(76)68(46)15/h20-21,23,38-50,54H,1,22,24-37H2,2-19H3,(H2-,63,64,65,74,77,78)/p+1. The average Bonchev–Trinajstić information content (AvgIpc) is 1.59. The molecule has 22 heteroatoms. The summed E-state index contributed by atoms with van der Waals surface area (Å²) in [7, 11) is 10.4. The van der Waals surface area contributed by atoms with Crippen LogP contribution in [0.4, 0.5) is 0 Å². The Morgan fingerprint density at radius 1 is 0.560 bits per heavy atom. The molecule has 11 atom stereocenters. The lowest BCUT2D eigenvalue weighted by Crippen LogP contribution is -2.61. The Labute approximate surface area is 501 Å². The molecule has 3 N–H and O–H groups in total. The second-order valence-electron chi connectivity index (χ2n) is 25.8. The molecule has 0 aromatic rings. The molecular weight excluding hydrogens is 1070 g/mol. The number of nitrogens with one attached hydrogen (secondary N) is 3. The SMILES string of the molecule is C=CCCCC1C(=O)N(C)C(CCC(C)C)C(=O)NC(C(C)C)C(=O)N(C)CC(=O)NC(C)C(=O)NC(C)C(=O)N(C)C(CCC(C)C)C(=O)N(C)C(CCC(C)C)C(=O)N(C)CC(=O)N(C)C2CC(CC=CC)C3C[N+]3(CC(=O)N1C)C2=O. The van der Waals surface area contributed by atoms with Gasteiger partial charge in [0.05, 0.1) is 13.1 Å². The molecule has 11 amide bonds. The van der Waals surface area contributed by atoms with Gasteiger partial charge in [-0.3, -0.25) is 47.9 Å². The number of unbranched alkanes of at least 4 members (excludes halogenated alkanes) is 1. The third-order valence-electron chi connectivity index (χ3n) is 17.4. The minimum atomic E-state index is -1.18. The van der Waals surface area contributed by atoms with Crippen LogP contribution >= 0.6 is 0 Å². The van der Waals surface area contributed by atoms with Crippen LogP contribution in [0.1, 0.15) is 147 Å². The molecular formula is C62H106N11O11+. The highest BCUT2D eigenvalue weighted by Crippen LogP contribution is 2.47. The van der Waals surface area contributed by atoms with Gasteiger partial charge in [0, 0.05) is 55.3 Å². The predicted octanol–water partition coefficient (Wildman–Crippen LogP) is 3.58. The Balaban J connectivity index is 2.22. The van der Waals surface area contributed by atoms with Crippen LogP contribution in [-0.4, -0.2) is 234 Å². The first-order valence-corrected chi connectivity index (χ1v) is 30.5. The number of fused-ring (bicyclic) bond motifs is 1. The number of allylic oxidation sites excluding steroid dienone is 3. The summed E-state index contributed by atoms with van der Waals surface area (Å²) in [4.78, 5) is 168. The molecule has 3 saturated heterocycles. The van der Waals surface area contributed by atoms with E-state index in [2.05, 4.69) is 22.5 Å². The molecule has 0 aromatic carbocycles. The number of hydrogen-bond acceptors (Lipinski definition) is 11. The van der Waals surface area contributed by atoms with E-state index >= 15 is 9.59 Å². The van der Waals surface area contributed by atoms with Crippen LogP contribution < -0.4 is 16.0 Å². The number of quaternary nitrogens is 1. The monoisotopic (exact) mass is 1180 g/mol. The van der Waals surface area contributed by atoms with Gasteiger partial charge in [0.25, 0.3) is 5.91 Å². The minimum Gasteiger partial charge on any atom is -0.343 e. The van der Waals surface area contributed by atoms with Crippen molar-refractivity contribution in [3.05, 3.63) is 24.8 Å².